The van der Waals surface area contributed by atoms with E-state index in [9.17, 15) is 4.39 Å². The van der Waals surface area contributed by atoms with Gasteiger partial charge in [0.1, 0.15) is 18.0 Å². The van der Waals surface area contributed by atoms with Crippen LogP contribution in [-0.2, 0) is 0 Å². The molecule has 0 atom stereocenters. The molecule has 0 amide bonds. The van der Waals surface area contributed by atoms with Crippen LogP contribution < -0.4 is 5.32 Å². The number of fused-ring (bicyclic) bond motifs is 1. The van der Waals surface area contributed by atoms with E-state index in [0.717, 1.165) is 18.4 Å². The highest BCUT2D eigenvalue weighted by Gasteiger charge is 2.28. The fourth-order valence-electron chi connectivity index (χ4n) is 2.34. The van der Waals surface area contributed by atoms with Crippen molar-refractivity contribution in [1.82, 2.24) is 9.97 Å². The smallest absolute Gasteiger partial charge is 0.137 e. The average molecular weight is 247 g/mol. The van der Waals surface area contributed by atoms with Gasteiger partial charge < -0.3 is 10.4 Å². The molecule has 0 saturated heterocycles. The summed E-state index contributed by atoms with van der Waals surface area (Å²) < 4.78 is 13.3. The van der Waals surface area contributed by atoms with Crippen LogP contribution in [0, 0.1) is 11.7 Å². The van der Waals surface area contributed by atoms with Crippen LogP contribution in [0.5, 0.6) is 0 Å². The molecule has 3 rings (SSSR count). The van der Waals surface area contributed by atoms with E-state index in [-0.39, 0.29) is 12.4 Å². The van der Waals surface area contributed by atoms with Crippen molar-refractivity contribution in [1.29, 1.82) is 0 Å². The van der Waals surface area contributed by atoms with Crippen molar-refractivity contribution in [3.05, 3.63) is 30.3 Å². The quantitative estimate of drug-likeness (QED) is 0.870. The molecular formula is C13H14FN3O. The first-order valence-corrected chi connectivity index (χ1v) is 6.04. The minimum absolute atomic E-state index is 0.233. The summed E-state index contributed by atoms with van der Waals surface area (Å²) in [5, 5.41) is 13.0. The van der Waals surface area contributed by atoms with Crippen LogP contribution in [0.2, 0.25) is 0 Å². The zero-order valence-corrected chi connectivity index (χ0v) is 9.81. The van der Waals surface area contributed by atoms with Crippen LogP contribution in [0.1, 0.15) is 12.8 Å². The standard InChI is InChI=1S/C13H14FN3O/c14-9-1-2-12-11(5-9)13(16-7-15-12)17-10-3-8(4-10)6-18/h1-2,5,7-8,10,18H,3-4,6H2,(H,15,16,17). The van der Waals surface area contributed by atoms with Gasteiger partial charge in [0, 0.05) is 18.0 Å². The second-order valence-electron chi connectivity index (χ2n) is 4.75. The Morgan fingerprint density at radius 1 is 1.33 bits per heavy atom. The van der Waals surface area contributed by atoms with Gasteiger partial charge >= 0.3 is 0 Å². The SMILES string of the molecule is OCC1CC(Nc2ncnc3ccc(F)cc23)C1. The summed E-state index contributed by atoms with van der Waals surface area (Å²) >= 11 is 0. The molecule has 4 nitrogen and oxygen atoms in total. The number of aliphatic hydroxyl groups excluding tert-OH is 1. The van der Waals surface area contributed by atoms with E-state index in [1.165, 1.54) is 18.5 Å². The first-order valence-electron chi connectivity index (χ1n) is 6.04. The number of halogens is 1. The van der Waals surface area contributed by atoms with Crippen LogP contribution in [0.15, 0.2) is 24.5 Å². The van der Waals surface area contributed by atoms with E-state index >= 15 is 0 Å². The van der Waals surface area contributed by atoms with Crippen LogP contribution in [0.25, 0.3) is 10.9 Å². The third-order valence-corrected chi connectivity index (χ3v) is 3.43. The summed E-state index contributed by atoms with van der Waals surface area (Å²) in [7, 11) is 0. The number of hydrogen-bond acceptors (Lipinski definition) is 4. The van der Waals surface area contributed by atoms with E-state index in [1.54, 1.807) is 6.07 Å². The molecule has 1 saturated carbocycles. The van der Waals surface area contributed by atoms with E-state index in [1.807, 2.05) is 0 Å². The minimum Gasteiger partial charge on any atom is -0.396 e. The molecule has 0 aliphatic heterocycles. The van der Waals surface area contributed by atoms with Crippen LogP contribution in [0.4, 0.5) is 10.2 Å². The Hall–Kier alpha value is -1.75. The second-order valence-corrected chi connectivity index (χ2v) is 4.75. The summed E-state index contributed by atoms with van der Waals surface area (Å²) in [6, 6.07) is 4.79. The molecule has 5 heteroatoms. The molecule has 0 unspecified atom stereocenters. The van der Waals surface area contributed by atoms with Gasteiger partial charge in [-0.05, 0) is 37.0 Å². The van der Waals surface area contributed by atoms with Crippen LogP contribution in [-0.4, -0.2) is 27.7 Å². The number of hydrogen-bond donors (Lipinski definition) is 2. The monoisotopic (exact) mass is 247 g/mol. The molecule has 0 bridgehead atoms. The van der Waals surface area contributed by atoms with Crippen molar-refractivity contribution in [3.8, 4) is 0 Å². The fourth-order valence-corrected chi connectivity index (χ4v) is 2.34. The predicted octanol–water partition coefficient (Wildman–Crippen LogP) is 1.95. The van der Waals surface area contributed by atoms with Crippen molar-refractivity contribution in [2.45, 2.75) is 18.9 Å². The summed E-state index contributed by atoms with van der Waals surface area (Å²) in [4.78, 5) is 8.28. The molecule has 1 aromatic carbocycles. The van der Waals surface area contributed by atoms with Gasteiger partial charge in [-0.2, -0.15) is 0 Å². The Kier molecular flexibility index (Phi) is 2.83. The molecule has 0 spiro atoms. The topological polar surface area (TPSA) is 58.0 Å². The van der Waals surface area contributed by atoms with Crippen molar-refractivity contribution in [2.24, 2.45) is 5.92 Å². The zero-order chi connectivity index (χ0) is 12.5. The molecule has 2 N–H and O–H groups in total. The predicted molar refractivity (Wildman–Crippen MR) is 66.7 cm³/mol. The van der Waals surface area contributed by atoms with Crippen molar-refractivity contribution in [2.75, 3.05) is 11.9 Å². The summed E-state index contributed by atoms with van der Waals surface area (Å²) in [5.41, 5.74) is 0.729. The Bertz CT molecular complexity index is 569. The fraction of sp³-hybridized carbons (Fsp3) is 0.385. The second kappa shape index (κ2) is 4.49. The number of anilines is 1. The lowest BCUT2D eigenvalue weighted by atomic mass is 9.81. The molecule has 1 heterocycles. The van der Waals surface area contributed by atoms with Gasteiger partial charge in [0.2, 0.25) is 0 Å². The van der Waals surface area contributed by atoms with E-state index in [0.29, 0.717) is 23.2 Å². The highest BCUT2D eigenvalue weighted by atomic mass is 19.1. The van der Waals surface area contributed by atoms with E-state index in [4.69, 9.17) is 5.11 Å². The normalized spacial score (nSPS) is 22.8. The maximum absolute atomic E-state index is 13.3. The third kappa shape index (κ3) is 2.01. The molecule has 1 aromatic heterocycles. The van der Waals surface area contributed by atoms with Crippen LogP contribution in [0.3, 0.4) is 0 Å². The molecule has 1 aliphatic carbocycles. The summed E-state index contributed by atoms with van der Waals surface area (Å²) in [5.74, 6) is 0.760. The molecule has 18 heavy (non-hydrogen) atoms. The van der Waals surface area contributed by atoms with E-state index < -0.39 is 0 Å². The maximum atomic E-state index is 13.3. The number of rotatable bonds is 3. The number of nitrogens with zero attached hydrogens (tertiary/aromatic N) is 2. The number of aromatic nitrogens is 2. The molecule has 0 radical (unpaired) electrons. The Morgan fingerprint density at radius 3 is 2.94 bits per heavy atom. The highest BCUT2D eigenvalue weighted by Crippen LogP contribution is 2.31. The lowest BCUT2D eigenvalue weighted by Crippen LogP contribution is -2.37. The third-order valence-electron chi connectivity index (χ3n) is 3.43. The van der Waals surface area contributed by atoms with Crippen molar-refractivity contribution in [3.63, 3.8) is 0 Å². The van der Waals surface area contributed by atoms with Crippen molar-refractivity contribution >= 4 is 16.7 Å². The minimum atomic E-state index is -0.290. The first-order chi connectivity index (χ1) is 8.76. The van der Waals surface area contributed by atoms with Gasteiger partial charge in [0.15, 0.2) is 0 Å². The average Bonchev–Trinajstić information content (AvgIpc) is 2.33. The van der Waals surface area contributed by atoms with E-state index in [2.05, 4.69) is 15.3 Å². The Labute approximate surface area is 104 Å². The maximum Gasteiger partial charge on any atom is 0.137 e. The number of nitrogens with one attached hydrogen (secondary N) is 1. The molecular weight excluding hydrogens is 233 g/mol. The Morgan fingerprint density at radius 2 is 2.17 bits per heavy atom. The van der Waals surface area contributed by atoms with Crippen LogP contribution >= 0.6 is 0 Å². The lowest BCUT2D eigenvalue weighted by Gasteiger charge is -2.35. The van der Waals surface area contributed by atoms with Gasteiger partial charge in [-0.1, -0.05) is 0 Å². The molecule has 1 fully saturated rings. The van der Waals surface area contributed by atoms with Crippen molar-refractivity contribution < 1.29 is 9.50 Å². The first kappa shape index (κ1) is 11.3. The van der Waals surface area contributed by atoms with Gasteiger partial charge in [0.25, 0.3) is 0 Å². The van der Waals surface area contributed by atoms with Gasteiger partial charge in [0.05, 0.1) is 5.52 Å². The van der Waals surface area contributed by atoms with Gasteiger partial charge in [-0.3, -0.25) is 0 Å². The summed E-state index contributed by atoms with van der Waals surface area (Å²) in [6.07, 6.45) is 3.33. The molecule has 94 valence electrons. The molecule has 1 aliphatic rings. The van der Waals surface area contributed by atoms with Gasteiger partial charge in [-0.15, -0.1) is 0 Å². The highest BCUT2D eigenvalue weighted by molar-refractivity contribution is 5.88. The Balaban J connectivity index is 1.85. The largest absolute Gasteiger partial charge is 0.396 e. The van der Waals surface area contributed by atoms with Gasteiger partial charge in [-0.25, -0.2) is 14.4 Å². The molecule has 2 aromatic rings. The summed E-state index contributed by atoms with van der Waals surface area (Å²) in [6.45, 7) is 0.233. The lowest BCUT2D eigenvalue weighted by molar-refractivity contribution is 0.151. The number of benzene rings is 1. The number of aliphatic hydroxyl groups is 1. The zero-order valence-electron chi connectivity index (χ0n) is 9.81.